The molecule has 0 saturated carbocycles. The van der Waals surface area contributed by atoms with Crippen LogP contribution < -0.4 is 9.47 Å². The molecular weight excluding hydrogens is 270 g/mol. The second-order valence-electron chi connectivity index (χ2n) is 5.75. The topological polar surface area (TPSA) is 59.0 Å². The van der Waals surface area contributed by atoms with Crippen molar-refractivity contribution in [2.45, 2.75) is 25.8 Å². The Labute approximate surface area is 124 Å². The molecule has 2 heterocycles. The normalized spacial score (nSPS) is 23.6. The van der Waals surface area contributed by atoms with E-state index in [2.05, 4.69) is 11.8 Å². The SMILES string of the molecule is CC(c1ccc2c(c1)OCCCO2)N1CCC(C(=O)O)C1. The van der Waals surface area contributed by atoms with E-state index in [9.17, 15) is 4.79 Å². The monoisotopic (exact) mass is 291 g/mol. The molecule has 5 nitrogen and oxygen atoms in total. The summed E-state index contributed by atoms with van der Waals surface area (Å²) in [5.74, 6) is 0.662. The first-order chi connectivity index (χ1) is 10.1. The van der Waals surface area contributed by atoms with Gasteiger partial charge in [-0.25, -0.2) is 0 Å². The lowest BCUT2D eigenvalue weighted by atomic mass is 10.1. The Morgan fingerprint density at radius 2 is 2.10 bits per heavy atom. The Morgan fingerprint density at radius 3 is 2.81 bits per heavy atom. The molecule has 3 rings (SSSR count). The van der Waals surface area contributed by atoms with Crippen molar-refractivity contribution < 1.29 is 19.4 Å². The van der Waals surface area contributed by atoms with Crippen molar-refractivity contribution in [1.29, 1.82) is 0 Å². The smallest absolute Gasteiger partial charge is 0.307 e. The maximum absolute atomic E-state index is 11.1. The van der Waals surface area contributed by atoms with Crippen LogP contribution in [0.5, 0.6) is 11.5 Å². The number of rotatable bonds is 3. The second kappa shape index (κ2) is 5.93. The van der Waals surface area contributed by atoms with Gasteiger partial charge in [-0.15, -0.1) is 0 Å². The predicted molar refractivity (Wildman–Crippen MR) is 77.8 cm³/mol. The summed E-state index contributed by atoms with van der Waals surface area (Å²) in [6, 6.07) is 6.22. The quantitative estimate of drug-likeness (QED) is 0.926. The van der Waals surface area contributed by atoms with Crippen molar-refractivity contribution in [2.75, 3.05) is 26.3 Å². The summed E-state index contributed by atoms with van der Waals surface area (Å²) in [5, 5.41) is 9.11. The molecule has 1 N–H and O–H groups in total. The average Bonchev–Trinajstić information content (AvgIpc) is 2.86. The van der Waals surface area contributed by atoms with Gasteiger partial charge in [0.2, 0.25) is 0 Å². The van der Waals surface area contributed by atoms with Crippen molar-refractivity contribution in [3.63, 3.8) is 0 Å². The summed E-state index contributed by atoms with van der Waals surface area (Å²) in [6.07, 6.45) is 1.62. The summed E-state index contributed by atoms with van der Waals surface area (Å²) in [6.45, 7) is 4.92. The molecule has 2 atom stereocenters. The summed E-state index contributed by atoms with van der Waals surface area (Å²) >= 11 is 0. The molecule has 2 aliphatic rings. The molecule has 2 aliphatic heterocycles. The van der Waals surface area contributed by atoms with Crippen molar-refractivity contribution in [3.8, 4) is 11.5 Å². The Bertz CT molecular complexity index is 531. The summed E-state index contributed by atoms with van der Waals surface area (Å²) in [5.41, 5.74) is 1.14. The summed E-state index contributed by atoms with van der Waals surface area (Å²) < 4.78 is 11.4. The van der Waals surface area contributed by atoms with Gasteiger partial charge in [-0.2, -0.15) is 0 Å². The number of ether oxygens (including phenoxy) is 2. The highest BCUT2D eigenvalue weighted by Gasteiger charge is 2.31. The molecule has 0 amide bonds. The van der Waals surface area contributed by atoms with E-state index in [-0.39, 0.29) is 12.0 Å². The molecule has 1 saturated heterocycles. The van der Waals surface area contributed by atoms with Crippen LogP contribution in [0, 0.1) is 5.92 Å². The molecule has 0 bridgehead atoms. The molecule has 2 unspecified atom stereocenters. The van der Waals surface area contributed by atoms with Gasteiger partial charge in [-0.05, 0) is 37.6 Å². The average molecular weight is 291 g/mol. The zero-order valence-electron chi connectivity index (χ0n) is 12.2. The molecular formula is C16H21NO4. The molecule has 0 radical (unpaired) electrons. The molecule has 114 valence electrons. The van der Waals surface area contributed by atoms with Crippen LogP contribution in [0.4, 0.5) is 0 Å². The molecule has 1 aromatic carbocycles. The third-order valence-corrected chi connectivity index (χ3v) is 4.37. The Morgan fingerprint density at radius 1 is 1.33 bits per heavy atom. The van der Waals surface area contributed by atoms with Gasteiger partial charge in [0.1, 0.15) is 0 Å². The van der Waals surface area contributed by atoms with Gasteiger partial charge in [0.15, 0.2) is 11.5 Å². The third kappa shape index (κ3) is 2.97. The number of fused-ring (bicyclic) bond motifs is 1. The van der Waals surface area contributed by atoms with E-state index >= 15 is 0 Å². The van der Waals surface area contributed by atoms with E-state index in [0.29, 0.717) is 19.8 Å². The number of benzene rings is 1. The lowest BCUT2D eigenvalue weighted by Gasteiger charge is -2.25. The maximum Gasteiger partial charge on any atom is 0.307 e. The minimum atomic E-state index is -0.691. The van der Waals surface area contributed by atoms with Crippen LogP contribution >= 0.6 is 0 Å². The molecule has 5 heteroatoms. The van der Waals surface area contributed by atoms with Crippen molar-refractivity contribution >= 4 is 5.97 Å². The fraction of sp³-hybridized carbons (Fsp3) is 0.562. The number of carboxylic acid groups (broad SMARTS) is 1. The van der Waals surface area contributed by atoms with E-state index in [1.807, 2.05) is 18.2 Å². The zero-order chi connectivity index (χ0) is 14.8. The van der Waals surface area contributed by atoms with Gasteiger partial charge in [0, 0.05) is 19.0 Å². The Balaban J connectivity index is 1.74. The second-order valence-corrected chi connectivity index (χ2v) is 5.75. The van der Waals surface area contributed by atoms with Gasteiger partial charge in [0.05, 0.1) is 19.1 Å². The van der Waals surface area contributed by atoms with Crippen molar-refractivity contribution in [1.82, 2.24) is 4.90 Å². The van der Waals surface area contributed by atoms with Crippen LogP contribution in [-0.4, -0.2) is 42.3 Å². The van der Waals surface area contributed by atoms with Crippen LogP contribution in [0.25, 0.3) is 0 Å². The number of carboxylic acids is 1. The molecule has 1 fully saturated rings. The Kier molecular flexibility index (Phi) is 4.01. The molecule has 0 aromatic heterocycles. The number of hydrogen-bond acceptors (Lipinski definition) is 4. The predicted octanol–water partition coefficient (Wildman–Crippen LogP) is 2.32. The molecule has 1 aromatic rings. The highest BCUT2D eigenvalue weighted by molar-refractivity contribution is 5.70. The first-order valence-electron chi connectivity index (χ1n) is 7.51. The standard InChI is InChI=1S/C16H21NO4/c1-11(17-6-5-13(10-17)16(18)19)12-3-4-14-15(9-12)21-8-2-7-20-14/h3-4,9,11,13H,2,5-8,10H2,1H3,(H,18,19). The highest BCUT2D eigenvalue weighted by Crippen LogP contribution is 2.35. The van der Waals surface area contributed by atoms with E-state index in [4.69, 9.17) is 14.6 Å². The molecule has 21 heavy (non-hydrogen) atoms. The number of hydrogen-bond donors (Lipinski definition) is 1. The number of aliphatic carboxylic acids is 1. The van der Waals surface area contributed by atoms with E-state index in [1.54, 1.807) is 0 Å². The van der Waals surface area contributed by atoms with Gasteiger partial charge in [-0.1, -0.05) is 6.07 Å². The van der Waals surface area contributed by atoms with Gasteiger partial charge < -0.3 is 14.6 Å². The Hall–Kier alpha value is -1.75. The fourth-order valence-corrected chi connectivity index (χ4v) is 2.99. The first-order valence-corrected chi connectivity index (χ1v) is 7.51. The zero-order valence-corrected chi connectivity index (χ0v) is 12.2. The highest BCUT2D eigenvalue weighted by atomic mass is 16.5. The van der Waals surface area contributed by atoms with Crippen LogP contribution in [0.1, 0.15) is 31.4 Å². The first kappa shape index (κ1) is 14.2. The minimum Gasteiger partial charge on any atom is -0.490 e. The number of likely N-dealkylation sites (tertiary alicyclic amines) is 1. The van der Waals surface area contributed by atoms with Crippen LogP contribution in [0.15, 0.2) is 18.2 Å². The summed E-state index contributed by atoms with van der Waals surface area (Å²) in [7, 11) is 0. The molecule has 0 aliphatic carbocycles. The van der Waals surface area contributed by atoms with E-state index in [0.717, 1.165) is 36.4 Å². The van der Waals surface area contributed by atoms with Gasteiger partial charge in [-0.3, -0.25) is 9.69 Å². The third-order valence-electron chi connectivity index (χ3n) is 4.37. The van der Waals surface area contributed by atoms with E-state index < -0.39 is 5.97 Å². The van der Waals surface area contributed by atoms with Crippen molar-refractivity contribution in [2.24, 2.45) is 5.92 Å². The minimum absolute atomic E-state index is 0.187. The lowest BCUT2D eigenvalue weighted by molar-refractivity contribution is -0.141. The van der Waals surface area contributed by atoms with Gasteiger partial charge in [0.25, 0.3) is 0 Å². The number of nitrogens with zero attached hydrogens (tertiary/aromatic N) is 1. The van der Waals surface area contributed by atoms with Crippen LogP contribution in [0.2, 0.25) is 0 Å². The summed E-state index contributed by atoms with van der Waals surface area (Å²) in [4.78, 5) is 13.3. The van der Waals surface area contributed by atoms with Gasteiger partial charge >= 0.3 is 5.97 Å². The van der Waals surface area contributed by atoms with E-state index in [1.165, 1.54) is 0 Å². The van der Waals surface area contributed by atoms with Crippen LogP contribution in [-0.2, 0) is 4.79 Å². The fourth-order valence-electron chi connectivity index (χ4n) is 2.99. The lowest BCUT2D eigenvalue weighted by Crippen LogP contribution is -2.26. The number of carbonyl (C=O) groups is 1. The van der Waals surface area contributed by atoms with Crippen LogP contribution in [0.3, 0.4) is 0 Å². The largest absolute Gasteiger partial charge is 0.490 e. The molecule has 0 spiro atoms. The van der Waals surface area contributed by atoms with Crippen molar-refractivity contribution in [3.05, 3.63) is 23.8 Å². The maximum atomic E-state index is 11.1.